The van der Waals surface area contributed by atoms with Gasteiger partial charge >= 0.3 is 0 Å². The van der Waals surface area contributed by atoms with Gasteiger partial charge in [-0.1, -0.05) is 51.1 Å². The summed E-state index contributed by atoms with van der Waals surface area (Å²) >= 11 is 0. The number of rotatable bonds is 7. The first kappa shape index (κ1) is 25.4. The topological polar surface area (TPSA) is 58.4 Å². The Labute approximate surface area is 159 Å². The van der Waals surface area contributed by atoms with Gasteiger partial charge in [-0.3, -0.25) is 4.79 Å². The standard InChI is InChI=1S/C18H31N3O.2ClH/c1-13(16(19)15-10-8-7-9-11-15)17(22)20-14(2)18(3,4)12-21(5)6;;/h7-11,13-14,16H,12,19H2,1-6H3,(H,20,22);2*1H. The zero-order valence-corrected chi connectivity index (χ0v) is 17.2. The van der Waals surface area contributed by atoms with Crippen molar-refractivity contribution in [1.82, 2.24) is 10.2 Å². The van der Waals surface area contributed by atoms with Crippen molar-refractivity contribution in [2.75, 3.05) is 20.6 Å². The maximum atomic E-state index is 12.5. The van der Waals surface area contributed by atoms with Crippen LogP contribution < -0.4 is 11.1 Å². The number of amides is 1. The van der Waals surface area contributed by atoms with Gasteiger partial charge in [0.25, 0.3) is 0 Å². The molecule has 1 aromatic carbocycles. The van der Waals surface area contributed by atoms with Crippen LogP contribution in [0.1, 0.15) is 39.3 Å². The molecule has 0 saturated heterocycles. The Morgan fingerprint density at radius 2 is 1.67 bits per heavy atom. The number of halogens is 2. The molecule has 3 atom stereocenters. The summed E-state index contributed by atoms with van der Waals surface area (Å²) in [6, 6.07) is 9.57. The molecular weight excluding hydrogens is 345 g/mol. The minimum atomic E-state index is -0.287. The minimum Gasteiger partial charge on any atom is -0.353 e. The van der Waals surface area contributed by atoms with Crippen molar-refractivity contribution in [2.45, 2.75) is 39.8 Å². The monoisotopic (exact) mass is 377 g/mol. The molecule has 3 N–H and O–H groups in total. The first-order valence-electron chi connectivity index (χ1n) is 7.91. The third-order valence-corrected chi connectivity index (χ3v) is 4.39. The highest BCUT2D eigenvalue weighted by atomic mass is 35.5. The van der Waals surface area contributed by atoms with Crippen LogP contribution in [0.3, 0.4) is 0 Å². The highest BCUT2D eigenvalue weighted by Crippen LogP contribution is 2.23. The van der Waals surface area contributed by atoms with Crippen LogP contribution in [0, 0.1) is 11.3 Å². The molecule has 0 bridgehead atoms. The minimum absolute atomic E-state index is 0. The van der Waals surface area contributed by atoms with Crippen molar-refractivity contribution in [3.05, 3.63) is 35.9 Å². The van der Waals surface area contributed by atoms with E-state index in [9.17, 15) is 4.79 Å². The van der Waals surface area contributed by atoms with Gasteiger partial charge in [0.15, 0.2) is 0 Å². The summed E-state index contributed by atoms with van der Waals surface area (Å²) in [6.07, 6.45) is 0. The zero-order valence-electron chi connectivity index (χ0n) is 15.6. The number of carbonyl (C=O) groups is 1. The SMILES string of the molecule is CC(C(=O)NC(C)C(C)(C)CN(C)C)C(N)c1ccccc1.Cl.Cl. The van der Waals surface area contributed by atoms with Crippen LogP contribution in [0.5, 0.6) is 0 Å². The van der Waals surface area contributed by atoms with Crippen LogP contribution in [0.25, 0.3) is 0 Å². The summed E-state index contributed by atoms with van der Waals surface area (Å²) in [5, 5.41) is 3.13. The molecule has 0 fully saturated rings. The third kappa shape index (κ3) is 7.39. The quantitative estimate of drug-likeness (QED) is 0.766. The van der Waals surface area contributed by atoms with Gasteiger partial charge in [0.2, 0.25) is 5.91 Å². The van der Waals surface area contributed by atoms with E-state index < -0.39 is 0 Å². The molecule has 0 aliphatic carbocycles. The lowest BCUT2D eigenvalue weighted by molar-refractivity contribution is -0.126. The average molecular weight is 378 g/mol. The van der Waals surface area contributed by atoms with E-state index in [4.69, 9.17) is 5.73 Å². The molecule has 0 aliphatic heterocycles. The third-order valence-electron chi connectivity index (χ3n) is 4.39. The average Bonchev–Trinajstić information content (AvgIpc) is 2.45. The van der Waals surface area contributed by atoms with Crippen LogP contribution in [0.15, 0.2) is 30.3 Å². The van der Waals surface area contributed by atoms with E-state index >= 15 is 0 Å². The molecule has 1 amide bonds. The largest absolute Gasteiger partial charge is 0.353 e. The molecule has 6 heteroatoms. The van der Waals surface area contributed by atoms with E-state index in [1.807, 2.05) is 51.4 Å². The van der Waals surface area contributed by atoms with E-state index in [0.29, 0.717) is 0 Å². The highest BCUT2D eigenvalue weighted by molar-refractivity contribution is 5.85. The first-order chi connectivity index (χ1) is 10.1. The normalized spacial score (nSPS) is 14.8. The van der Waals surface area contributed by atoms with Crippen molar-refractivity contribution in [3.8, 4) is 0 Å². The van der Waals surface area contributed by atoms with Gasteiger partial charge in [-0.15, -0.1) is 24.8 Å². The fraction of sp³-hybridized carbons (Fsp3) is 0.611. The molecule has 1 aromatic rings. The summed E-state index contributed by atoms with van der Waals surface area (Å²) in [5.74, 6) is -0.254. The van der Waals surface area contributed by atoms with E-state index in [1.165, 1.54) is 0 Å². The highest BCUT2D eigenvalue weighted by Gasteiger charge is 2.30. The predicted octanol–water partition coefficient (Wildman–Crippen LogP) is 3.26. The Balaban J connectivity index is 0. The van der Waals surface area contributed by atoms with Crippen molar-refractivity contribution >= 4 is 30.7 Å². The van der Waals surface area contributed by atoms with E-state index in [2.05, 4.69) is 31.0 Å². The first-order valence-corrected chi connectivity index (χ1v) is 7.91. The Morgan fingerprint density at radius 1 is 1.17 bits per heavy atom. The van der Waals surface area contributed by atoms with Gasteiger partial charge in [-0.05, 0) is 32.0 Å². The van der Waals surface area contributed by atoms with Crippen molar-refractivity contribution in [2.24, 2.45) is 17.1 Å². The molecule has 3 unspecified atom stereocenters. The van der Waals surface area contributed by atoms with E-state index in [1.54, 1.807) is 0 Å². The van der Waals surface area contributed by atoms with Crippen molar-refractivity contribution in [3.63, 3.8) is 0 Å². The molecule has 0 saturated carbocycles. The number of nitrogens with zero attached hydrogens (tertiary/aromatic N) is 1. The number of hydrogen-bond acceptors (Lipinski definition) is 3. The zero-order chi connectivity index (χ0) is 16.9. The summed E-state index contributed by atoms with van der Waals surface area (Å²) < 4.78 is 0. The molecule has 0 spiro atoms. The fourth-order valence-corrected chi connectivity index (χ4v) is 2.62. The number of hydrogen-bond donors (Lipinski definition) is 2. The fourth-order valence-electron chi connectivity index (χ4n) is 2.62. The molecule has 1 rings (SSSR count). The van der Waals surface area contributed by atoms with Crippen LogP contribution in [-0.4, -0.2) is 37.5 Å². The summed E-state index contributed by atoms with van der Waals surface area (Å²) in [5.41, 5.74) is 7.22. The van der Waals surface area contributed by atoms with Gasteiger partial charge in [0, 0.05) is 18.6 Å². The Kier molecular flexibility index (Phi) is 11.6. The van der Waals surface area contributed by atoms with Gasteiger partial charge in [-0.25, -0.2) is 0 Å². The maximum absolute atomic E-state index is 12.5. The van der Waals surface area contributed by atoms with E-state index in [0.717, 1.165) is 12.1 Å². The molecule has 4 nitrogen and oxygen atoms in total. The number of carbonyl (C=O) groups excluding carboxylic acids is 1. The molecule has 0 heterocycles. The van der Waals surface area contributed by atoms with Gasteiger partial charge < -0.3 is 16.0 Å². The van der Waals surface area contributed by atoms with E-state index in [-0.39, 0.29) is 54.1 Å². The number of nitrogens with two attached hydrogens (primary N) is 1. The molecule has 0 aliphatic rings. The summed E-state index contributed by atoms with van der Waals surface area (Å²) in [4.78, 5) is 14.6. The Hall–Kier alpha value is -0.810. The molecule has 24 heavy (non-hydrogen) atoms. The van der Waals surface area contributed by atoms with Crippen LogP contribution in [0.2, 0.25) is 0 Å². The van der Waals surface area contributed by atoms with Crippen molar-refractivity contribution < 1.29 is 4.79 Å². The second-order valence-corrected chi connectivity index (χ2v) is 7.18. The Bertz CT molecular complexity index is 480. The molecule has 140 valence electrons. The molecule has 0 radical (unpaired) electrons. The summed E-state index contributed by atoms with van der Waals surface area (Å²) in [6.45, 7) is 9.19. The number of nitrogens with one attached hydrogen (secondary N) is 1. The Morgan fingerprint density at radius 3 is 2.12 bits per heavy atom. The lowest BCUT2D eigenvalue weighted by atomic mass is 9.84. The molecular formula is C18H33Cl2N3O. The molecule has 0 aromatic heterocycles. The van der Waals surface area contributed by atoms with Crippen molar-refractivity contribution in [1.29, 1.82) is 0 Å². The van der Waals surface area contributed by atoms with Gasteiger partial charge in [0.05, 0.1) is 5.92 Å². The number of benzene rings is 1. The van der Waals surface area contributed by atoms with Crippen LogP contribution in [-0.2, 0) is 4.79 Å². The lowest BCUT2D eigenvalue weighted by Gasteiger charge is -2.35. The second-order valence-electron chi connectivity index (χ2n) is 7.18. The van der Waals surface area contributed by atoms with Crippen LogP contribution in [0.4, 0.5) is 0 Å². The van der Waals surface area contributed by atoms with Crippen LogP contribution >= 0.6 is 24.8 Å². The van der Waals surface area contributed by atoms with Gasteiger partial charge in [0.1, 0.15) is 0 Å². The van der Waals surface area contributed by atoms with Gasteiger partial charge in [-0.2, -0.15) is 0 Å². The lowest BCUT2D eigenvalue weighted by Crippen LogP contribution is -2.49. The maximum Gasteiger partial charge on any atom is 0.224 e. The smallest absolute Gasteiger partial charge is 0.224 e. The second kappa shape index (κ2) is 10.9. The predicted molar refractivity (Wildman–Crippen MR) is 107 cm³/mol. The summed E-state index contributed by atoms with van der Waals surface area (Å²) in [7, 11) is 4.09.